The van der Waals surface area contributed by atoms with Crippen molar-refractivity contribution in [2.75, 3.05) is 10.2 Å². The van der Waals surface area contributed by atoms with Crippen molar-refractivity contribution in [1.29, 1.82) is 0 Å². The number of benzene rings is 4. The van der Waals surface area contributed by atoms with Gasteiger partial charge in [-0.25, -0.2) is 18.7 Å². The average molecular weight is 577 g/mol. The van der Waals surface area contributed by atoms with E-state index in [1.807, 2.05) is 0 Å². The molecule has 6 heteroatoms. The van der Waals surface area contributed by atoms with Crippen LogP contribution >= 0.6 is 0 Å². The minimum Gasteiger partial charge on any atom is -0.249 e. The molecular weight excluding hydrogens is 540 g/mol. The Morgan fingerprint density at radius 2 is 0.682 bits per heavy atom. The first-order valence-electron chi connectivity index (χ1n) is 15.4. The first kappa shape index (κ1) is 26.3. The monoisotopic (exact) mass is 576 g/mol. The maximum Gasteiger partial charge on any atom is 0.0905 e. The molecule has 8 rings (SSSR count). The fourth-order valence-corrected chi connectivity index (χ4v) is 6.84. The molecule has 0 bridgehead atoms. The molecule has 218 valence electrons. The Bertz CT molecular complexity index is 1940. The Kier molecular flexibility index (Phi) is 6.05. The van der Waals surface area contributed by atoms with Crippen LogP contribution in [0.15, 0.2) is 135 Å². The van der Waals surface area contributed by atoms with Crippen molar-refractivity contribution < 1.29 is 0 Å². The Balaban J connectivity index is 1.53. The van der Waals surface area contributed by atoms with E-state index in [0.29, 0.717) is 11.8 Å². The molecule has 0 N–H and O–H groups in total. The number of hydrogen-bond donors (Lipinski definition) is 0. The second-order valence-corrected chi connectivity index (χ2v) is 12.2. The summed E-state index contributed by atoms with van der Waals surface area (Å²) in [6, 6.07) is 30.8. The van der Waals surface area contributed by atoms with Crippen molar-refractivity contribution in [3.05, 3.63) is 146 Å². The molecule has 0 aliphatic heterocycles. The van der Waals surface area contributed by atoms with E-state index in [-0.39, 0.29) is 0 Å². The summed E-state index contributed by atoms with van der Waals surface area (Å²) in [6.45, 7) is 9.21. The van der Waals surface area contributed by atoms with Gasteiger partial charge in [0.25, 0.3) is 0 Å². The van der Waals surface area contributed by atoms with Gasteiger partial charge >= 0.3 is 0 Å². The van der Waals surface area contributed by atoms with Crippen LogP contribution in [0.3, 0.4) is 0 Å². The molecule has 8 aromatic rings. The summed E-state index contributed by atoms with van der Waals surface area (Å²) in [7, 11) is 0. The van der Waals surface area contributed by atoms with Gasteiger partial charge in [0.15, 0.2) is 0 Å². The molecule has 4 heterocycles. The van der Waals surface area contributed by atoms with E-state index in [4.69, 9.17) is 0 Å². The van der Waals surface area contributed by atoms with Crippen LogP contribution in [0.25, 0.3) is 32.3 Å². The number of anilines is 2. The molecular formula is C38H36N6. The van der Waals surface area contributed by atoms with Crippen molar-refractivity contribution >= 4 is 43.7 Å². The fourth-order valence-electron chi connectivity index (χ4n) is 6.84. The van der Waals surface area contributed by atoms with Gasteiger partial charge in [0.1, 0.15) is 0 Å². The highest BCUT2D eigenvalue weighted by molar-refractivity contribution is 6.28. The van der Waals surface area contributed by atoms with E-state index in [9.17, 15) is 0 Å². The largest absolute Gasteiger partial charge is 0.249 e. The lowest BCUT2D eigenvalue weighted by atomic mass is 9.84. The average Bonchev–Trinajstić information content (AvgIpc) is 3.86. The van der Waals surface area contributed by atoms with Crippen molar-refractivity contribution in [1.82, 2.24) is 18.7 Å². The van der Waals surface area contributed by atoms with E-state index in [1.165, 1.54) is 43.4 Å². The standard InChI is InChI=1S/C38H36N6/c1-27(2)33-25-35(43(39-17-5-6-18-39)40-19-7-8-20-40)31-16-14-30-34(28(3)4)26-36(32-15-13-29(33)37(31)38(30)32)44(41-21-9-10-22-41)42-23-11-12-24-42/h5-28H,1-4H3. The third kappa shape index (κ3) is 3.94. The number of hydrogen-bond acceptors (Lipinski definition) is 2. The third-order valence-corrected chi connectivity index (χ3v) is 8.82. The fraction of sp³-hybridized carbons (Fsp3) is 0.158. The molecule has 0 saturated heterocycles. The highest BCUT2D eigenvalue weighted by atomic mass is 15.8. The SMILES string of the molecule is CC(C)c1cc(N(n2cccc2)n2cccc2)c2ccc3c(C(C)C)cc(N(n4cccc4)n4cccc4)c4ccc1c2c34. The minimum atomic E-state index is 0.342. The predicted octanol–water partition coefficient (Wildman–Crippen LogP) is 9.50. The topological polar surface area (TPSA) is 26.2 Å². The molecule has 0 amide bonds. The summed E-state index contributed by atoms with van der Waals surface area (Å²) in [4.78, 5) is 0. The Labute approximate surface area is 257 Å². The maximum absolute atomic E-state index is 2.39. The summed E-state index contributed by atoms with van der Waals surface area (Å²) in [5.41, 5.74) is 4.98. The first-order valence-corrected chi connectivity index (χ1v) is 15.4. The normalized spacial score (nSPS) is 12.0. The van der Waals surface area contributed by atoms with Gasteiger partial charge in [0, 0.05) is 60.3 Å². The second kappa shape index (κ2) is 10.1. The summed E-state index contributed by atoms with van der Waals surface area (Å²) in [5.74, 6) is 0.685. The quantitative estimate of drug-likeness (QED) is 0.168. The molecule has 0 aliphatic carbocycles. The lowest BCUT2D eigenvalue weighted by Gasteiger charge is -2.32. The van der Waals surface area contributed by atoms with E-state index in [2.05, 4.69) is 191 Å². The third-order valence-electron chi connectivity index (χ3n) is 8.82. The Morgan fingerprint density at radius 3 is 0.955 bits per heavy atom. The van der Waals surface area contributed by atoms with Gasteiger partial charge in [-0.1, -0.05) is 52.0 Å². The summed E-state index contributed by atoms with van der Waals surface area (Å²) >= 11 is 0. The van der Waals surface area contributed by atoms with Gasteiger partial charge in [0.05, 0.1) is 11.4 Å². The van der Waals surface area contributed by atoms with Gasteiger partial charge in [-0.2, -0.15) is 10.2 Å². The first-order chi connectivity index (χ1) is 21.5. The lowest BCUT2D eigenvalue weighted by molar-refractivity contribution is 0.611. The van der Waals surface area contributed by atoms with Crippen LogP contribution in [-0.2, 0) is 0 Å². The van der Waals surface area contributed by atoms with Crippen LogP contribution in [0, 0.1) is 0 Å². The van der Waals surface area contributed by atoms with Gasteiger partial charge in [-0.15, -0.1) is 0 Å². The lowest BCUT2D eigenvalue weighted by Crippen LogP contribution is -2.33. The van der Waals surface area contributed by atoms with E-state index in [1.54, 1.807) is 0 Å². The second-order valence-electron chi connectivity index (χ2n) is 12.2. The Hall–Kier alpha value is -5.36. The van der Waals surface area contributed by atoms with E-state index < -0.39 is 0 Å². The van der Waals surface area contributed by atoms with Gasteiger partial charge < -0.3 is 0 Å². The molecule has 0 saturated carbocycles. The summed E-state index contributed by atoms with van der Waals surface area (Å²) in [5, 5.41) is 12.2. The molecule has 0 unspecified atom stereocenters. The van der Waals surface area contributed by atoms with Crippen molar-refractivity contribution in [2.45, 2.75) is 39.5 Å². The predicted molar refractivity (Wildman–Crippen MR) is 183 cm³/mol. The summed E-state index contributed by atoms with van der Waals surface area (Å²) < 4.78 is 8.62. The van der Waals surface area contributed by atoms with Crippen LogP contribution in [0.4, 0.5) is 11.4 Å². The summed E-state index contributed by atoms with van der Waals surface area (Å²) in [6.07, 6.45) is 16.8. The molecule has 0 fully saturated rings. The molecule has 6 nitrogen and oxygen atoms in total. The van der Waals surface area contributed by atoms with Crippen LogP contribution in [-0.4, -0.2) is 18.7 Å². The smallest absolute Gasteiger partial charge is 0.0905 e. The molecule has 0 atom stereocenters. The maximum atomic E-state index is 2.39. The molecule has 0 radical (unpaired) electrons. The number of aromatic nitrogens is 4. The molecule has 0 aliphatic rings. The molecule has 4 aromatic carbocycles. The molecule has 0 spiro atoms. The van der Waals surface area contributed by atoms with Gasteiger partial charge in [-0.05, 0) is 105 Å². The number of rotatable bonds is 8. The van der Waals surface area contributed by atoms with Crippen molar-refractivity contribution in [2.24, 2.45) is 0 Å². The minimum absolute atomic E-state index is 0.342. The van der Waals surface area contributed by atoms with Crippen LogP contribution in [0.5, 0.6) is 0 Å². The van der Waals surface area contributed by atoms with Gasteiger partial charge in [-0.3, -0.25) is 0 Å². The van der Waals surface area contributed by atoms with Crippen LogP contribution < -0.4 is 10.2 Å². The molecule has 4 aromatic heterocycles. The van der Waals surface area contributed by atoms with Crippen molar-refractivity contribution in [3.63, 3.8) is 0 Å². The zero-order chi connectivity index (χ0) is 29.9. The number of nitrogens with zero attached hydrogens (tertiary/aromatic N) is 6. The zero-order valence-corrected chi connectivity index (χ0v) is 25.5. The zero-order valence-electron chi connectivity index (χ0n) is 25.5. The highest BCUT2D eigenvalue weighted by Gasteiger charge is 2.25. The Morgan fingerprint density at radius 1 is 0.409 bits per heavy atom. The van der Waals surface area contributed by atoms with Crippen molar-refractivity contribution in [3.8, 4) is 0 Å². The van der Waals surface area contributed by atoms with Crippen LogP contribution in [0.2, 0.25) is 0 Å². The van der Waals surface area contributed by atoms with E-state index in [0.717, 1.165) is 11.4 Å². The molecule has 44 heavy (non-hydrogen) atoms. The highest BCUT2D eigenvalue weighted by Crippen LogP contribution is 2.47. The van der Waals surface area contributed by atoms with Gasteiger partial charge in [0.2, 0.25) is 0 Å². The van der Waals surface area contributed by atoms with Crippen LogP contribution in [0.1, 0.15) is 50.7 Å². The van der Waals surface area contributed by atoms with E-state index >= 15 is 0 Å².